The van der Waals surface area contributed by atoms with E-state index in [1.165, 1.54) is 0 Å². The summed E-state index contributed by atoms with van der Waals surface area (Å²) in [6.45, 7) is 2.46. The first-order chi connectivity index (χ1) is 8.99. The van der Waals surface area contributed by atoms with Gasteiger partial charge in [0.2, 0.25) is 10.0 Å². The molecule has 1 aliphatic carbocycles. The normalized spacial score (nSPS) is 29.9. The predicted molar refractivity (Wildman–Crippen MR) is 72.8 cm³/mol. The molecule has 1 aliphatic heterocycles. The third-order valence-electron chi connectivity index (χ3n) is 4.08. The molecule has 3 rings (SSSR count). The minimum Gasteiger partial charge on any atom is -0.378 e. The molecule has 1 saturated heterocycles. The Morgan fingerprint density at radius 1 is 1.42 bits per heavy atom. The van der Waals surface area contributed by atoms with Crippen LogP contribution in [-0.2, 0) is 14.8 Å². The van der Waals surface area contributed by atoms with E-state index < -0.39 is 10.0 Å². The number of hydrogen-bond acceptors (Lipinski definition) is 3. The van der Waals surface area contributed by atoms with Crippen LogP contribution in [0.15, 0.2) is 23.1 Å². The molecular formula is C13H16ClNO3S. The Morgan fingerprint density at radius 2 is 2.21 bits per heavy atom. The Morgan fingerprint density at radius 3 is 2.95 bits per heavy atom. The Kier molecular flexibility index (Phi) is 3.33. The van der Waals surface area contributed by atoms with Crippen LogP contribution in [0.5, 0.6) is 0 Å². The molecule has 3 atom stereocenters. The molecule has 6 heteroatoms. The van der Waals surface area contributed by atoms with Crippen molar-refractivity contribution in [3.63, 3.8) is 0 Å². The maximum Gasteiger partial charge on any atom is 0.241 e. The van der Waals surface area contributed by atoms with Gasteiger partial charge in [0.05, 0.1) is 11.0 Å². The molecule has 19 heavy (non-hydrogen) atoms. The summed E-state index contributed by atoms with van der Waals surface area (Å²) in [4.78, 5) is 0.266. The van der Waals surface area contributed by atoms with Crippen molar-refractivity contribution in [2.75, 3.05) is 6.61 Å². The van der Waals surface area contributed by atoms with Crippen molar-refractivity contribution in [1.29, 1.82) is 0 Å². The first kappa shape index (κ1) is 13.4. The molecule has 0 amide bonds. The number of sulfonamides is 1. The highest BCUT2D eigenvalue weighted by molar-refractivity contribution is 7.89. The number of nitrogens with one attached hydrogen (secondary N) is 1. The van der Waals surface area contributed by atoms with Crippen molar-refractivity contribution < 1.29 is 13.2 Å². The Balaban J connectivity index is 1.81. The molecule has 0 unspecified atom stereocenters. The number of halogens is 1. The highest BCUT2D eigenvalue weighted by Crippen LogP contribution is 2.39. The van der Waals surface area contributed by atoms with Crippen molar-refractivity contribution in [3.05, 3.63) is 28.8 Å². The van der Waals surface area contributed by atoms with Gasteiger partial charge in [-0.05, 0) is 37.5 Å². The fourth-order valence-corrected chi connectivity index (χ4v) is 4.67. The van der Waals surface area contributed by atoms with Gasteiger partial charge >= 0.3 is 0 Å². The average molecular weight is 302 g/mol. The molecule has 104 valence electrons. The Hall–Kier alpha value is -0.620. The van der Waals surface area contributed by atoms with E-state index >= 15 is 0 Å². The van der Waals surface area contributed by atoms with Gasteiger partial charge in [-0.15, -0.1) is 0 Å². The molecule has 0 radical (unpaired) electrons. The van der Waals surface area contributed by atoms with Crippen molar-refractivity contribution in [1.82, 2.24) is 4.72 Å². The molecule has 1 aromatic rings. The highest BCUT2D eigenvalue weighted by atomic mass is 35.5. The van der Waals surface area contributed by atoms with Gasteiger partial charge < -0.3 is 4.74 Å². The van der Waals surface area contributed by atoms with Crippen LogP contribution in [-0.4, -0.2) is 27.2 Å². The summed E-state index contributed by atoms with van der Waals surface area (Å²) < 4.78 is 33.0. The van der Waals surface area contributed by atoms with Gasteiger partial charge in [-0.1, -0.05) is 17.7 Å². The van der Waals surface area contributed by atoms with Gasteiger partial charge in [0, 0.05) is 23.6 Å². The van der Waals surface area contributed by atoms with Crippen molar-refractivity contribution in [2.24, 2.45) is 5.92 Å². The largest absolute Gasteiger partial charge is 0.378 e. The first-order valence-corrected chi connectivity index (χ1v) is 8.24. The van der Waals surface area contributed by atoms with E-state index in [2.05, 4.69) is 4.72 Å². The molecule has 0 aromatic heterocycles. The summed E-state index contributed by atoms with van der Waals surface area (Å²) in [6, 6.07) is 4.94. The molecule has 1 N–H and O–H groups in total. The number of benzene rings is 1. The second-order valence-electron chi connectivity index (χ2n) is 5.19. The quantitative estimate of drug-likeness (QED) is 0.930. The van der Waals surface area contributed by atoms with Crippen molar-refractivity contribution in [2.45, 2.75) is 36.8 Å². The van der Waals surface area contributed by atoms with E-state index in [0.29, 0.717) is 16.5 Å². The minimum absolute atomic E-state index is 0.00381. The zero-order valence-corrected chi connectivity index (χ0v) is 12.2. The second kappa shape index (κ2) is 4.74. The molecule has 4 nitrogen and oxygen atoms in total. The number of ether oxygens (including phenoxy) is 1. The third kappa shape index (κ3) is 2.29. The van der Waals surface area contributed by atoms with Crippen LogP contribution in [0.4, 0.5) is 0 Å². The molecule has 1 heterocycles. The molecular weight excluding hydrogens is 286 g/mol. The van der Waals surface area contributed by atoms with Gasteiger partial charge in [-0.25, -0.2) is 13.1 Å². The summed E-state index contributed by atoms with van der Waals surface area (Å²) in [6.07, 6.45) is 1.95. The van der Waals surface area contributed by atoms with Crippen LogP contribution in [0.2, 0.25) is 5.02 Å². The fraction of sp³-hybridized carbons (Fsp3) is 0.538. The van der Waals surface area contributed by atoms with E-state index in [9.17, 15) is 8.42 Å². The lowest BCUT2D eigenvalue weighted by atomic mass is 9.77. The van der Waals surface area contributed by atoms with Gasteiger partial charge in [-0.3, -0.25) is 0 Å². The van der Waals surface area contributed by atoms with E-state index in [0.717, 1.165) is 19.4 Å². The van der Waals surface area contributed by atoms with Crippen LogP contribution >= 0.6 is 11.6 Å². The minimum atomic E-state index is -3.50. The van der Waals surface area contributed by atoms with E-state index in [-0.39, 0.29) is 17.0 Å². The third-order valence-corrected chi connectivity index (χ3v) is 6.12. The summed E-state index contributed by atoms with van der Waals surface area (Å²) >= 11 is 5.98. The predicted octanol–water partition coefficient (Wildman–Crippen LogP) is 2.10. The van der Waals surface area contributed by atoms with Gasteiger partial charge in [0.15, 0.2) is 0 Å². The van der Waals surface area contributed by atoms with Gasteiger partial charge in [0.25, 0.3) is 0 Å². The van der Waals surface area contributed by atoms with Gasteiger partial charge in [-0.2, -0.15) is 0 Å². The summed E-state index contributed by atoms with van der Waals surface area (Å²) in [5, 5.41) is 0.471. The number of rotatable bonds is 3. The maximum absolute atomic E-state index is 12.4. The van der Waals surface area contributed by atoms with Crippen LogP contribution < -0.4 is 4.72 Å². The Bertz CT molecular complexity index is 602. The van der Waals surface area contributed by atoms with E-state index in [1.54, 1.807) is 25.1 Å². The maximum atomic E-state index is 12.4. The molecule has 0 spiro atoms. The molecule has 0 bridgehead atoms. The topological polar surface area (TPSA) is 55.4 Å². The smallest absolute Gasteiger partial charge is 0.241 e. The molecule has 1 aromatic carbocycles. The number of fused-ring (bicyclic) bond motifs is 1. The van der Waals surface area contributed by atoms with E-state index in [1.807, 2.05) is 0 Å². The SMILES string of the molecule is Cc1c(Cl)cccc1S(=O)(=O)N[C@H]1C[C@@H]2OCC[C@H]12. The molecule has 2 aliphatic rings. The standard InChI is InChI=1S/C13H16ClNO3S/c1-8-10(14)3-2-4-13(8)19(16,17)15-11-7-12-9(11)5-6-18-12/h2-4,9,11-12,15H,5-7H2,1H3/t9-,11+,12+/m1/s1. The monoisotopic (exact) mass is 301 g/mol. The van der Waals surface area contributed by atoms with Crippen molar-refractivity contribution >= 4 is 21.6 Å². The lowest BCUT2D eigenvalue weighted by Crippen LogP contribution is -2.53. The first-order valence-electron chi connectivity index (χ1n) is 6.38. The summed E-state index contributed by atoms with van der Waals surface area (Å²) in [5.74, 6) is 0.328. The fourth-order valence-electron chi connectivity index (χ4n) is 2.87. The second-order valence-corrected chi connectivity index (χ2v) is 7.28. The van der Waals surface area contributed by atoms with Crippen LogP contribution in [0.3, 0.4) is 0 Å². The van der Waals surface area contributed by atoms with Crippen LogP contribution in [0, 0.1) is 12.8 Å². The lowest BCUT2D eigenvalue weighted by molar-refractivity contribution is 0.0143. The molecule has 1 saturated carbocycles. The number of hydrogen-bond donors (Lipinski definition) is 1. The van der Waals surface area contributed by atoms with Crippen molar-refractivity contribution in [3.8, 4) is 0 Å². The summed E-state index contributed by atoms with van der Waals surface area (Å²) in [7, 11) is -3.50. The zero-order chi connectivity index (χ0) is 13.6. The van der Waals surface area contributed by atoms with E-state index in [4.69, 9.17) is 16.3 Å². The molecule has 2 fully saturated rings. The average Bonchev–Trinajstić information content (AvgIpc) is 2.71. The Labute approximate surface area is 118 Å². The highest BCUT2D eigenvalue weighted by Gasteiger charge is 2.46. The zero-order valence-electron chi connectivity index (χ0n) is 10.6. The van der Waals surface area contributed by atoms with Crippen LogP contribution in [0.25, 0.3) is 0 Å². The lowest BCUT2D eigenvalue weighted by Gasteiger charge is -2.39. The van der Waals surface area contributed by atoms with Gasteiger partial charge in [0.1, 0.15) is 0 Å². The summed E-state index contributed by atoms with van der Waals surface area (Å²) in [5.41, 5.74) is 0.593. The van der Waals surface area contributed by atoms with Crippen LogP contribution in [0.1, 0.15) is 18.4 Å².